The summed E-state index contributed by atoms with van der Waals surface area (Å²) >= 11 is 0. The van der Waals surface area contributed by atoms with E-state index in [1.165, 1.54) is 38.8 Å². The van der Waals surface area contributed by atoms with Gasteiger partial charge in [0.2, 0.25) is 0 Å². The van der Waals surface area contributed by atoms with Crippen LogP contribution in [0.3, 0.4) is 0 Å². The first-order chi connectivity index (χ1) is 7.22. The number of nitrogens with zero attached hydrogens (tertiary/aromatic N) is 2. The Hall–Kier alpha value is -0.120. The normalized spacial score (nSPS) is 36.2. The van der Waals surface area contributed by atoms with E-state index >= 15 is 0 Å². The fourth-order valence-corrected chi connectivity index (χ4v) is 3.13. The highest BCUT2D eigenvalue weighted by atomic mass is 16.3. The molecule has 2 aliphatic rings. The van der Waals surface area contributed by atoms with Gasteiger partial charge in [-0.1, -0.05) is 6.92 Å². The minimum absolute atomic E-state index is 0.164. The minimum Gasteiger partial charge on any atom is -0.378 e. The molecule has 0 aliphatic carbocycles. The molecule has 3 heteroatoms. The van der Waals surface area contributed by atoms with E-state index in [-0.39, 0.29) is 6.23 Å². The van der Waals surface area contributed by atoms with Gasteiger partial charge in [0.05, 0.1) is 0 Å². The molecule has 0 bridgehead atoms. The molecule has 0 radical (unpaired) electrons. The summed E-state index contributed by atoms with van der Waals surface area (Å²) in [5.41, 5.74) is 0. The van der Waals surface area contributed by atoms with E-state index in [0.717, 1.165) is 6.42 Å². The van der Waals surface area contributed by atoms with Crippen LogP contribution in [0.15, 0.2) is 0 Å². The first-order valence-corrected chi connectivity index (χ1v) is 6.36. The van der Waals surface area contributed by atoms with Crippen molar-refractivity contribution in [3.05, 3.63) is 0 Å². The van der Waals surface area contributed by atoms with Crippen molar-refractivity contribution in [2.24, 2.45) is 0 Å². The van der Waals surface area contributed by atoms with Crippen LogP contribution in [0, 0.1) is 0 Å². The van der Waals surface area contributed by atoms with E-state index in [1.54, 1.807) is 0 Å². The molecule has 2 aliphatic heterocycles. The molecule has 0 spiro atoms. The molecule has 2 heterocycles. The van der Waals surface area contributed by atoms with Crippen LogP contribution in [0.4, 0.5) is 0 Å². The van der Waals surface area contributed by atoms with Crippen molar-refractivity contribution in [2.45, 2.75) is 57.3 Å². The van der Waals surface area contributed by atoms with Crippen molar-refractivity contribution in [1.82, 2.24) is 9.80 Å². The molecule has 1 unspecified atom stereocenters. The first-order valence-electron chi connectivity index (χ1n) is 6.36. The fraction of sp³-hybridized carbons (Fsp3) is 1.00. The number of aliphatic hydroxyl groups is 1. The highest BCUT2D eigenvalue weighted by Gasteiger charge is 2.36. The lowest BCUT2D eigenvalue weighted by Gasteiger charge is -2.39. The summed E-state index contributed by atoms with van der Waals surface area (Å²) in [5, 5.41) is 10.0. The highest BCUT2D eigenvalue weighted by molar-refractivity contribution is 4.89. The molecule has 0 amide bonds. The van der Waals surface area contributed by atoms with Crippen molar-refractivity contribution in [1.29, 1.82) is 0 Å². The van der Waals surface area contributed by atoms with Gasteiger partial charge < -0.3 is 10.0 Å². The third-order valence-electron chi connectivity index (χ3n) is 4.10. The Morgan fingerprint density at radius 2 is 1.80 bits per heavy atom. The lowest BCUT2D eigenvalue weighted by Crippen LogP contribution is -2.48. The Kier molecular flexibility index (Phi) is 3.65. The third-order valence-corrected chi connectivity index (χ3v) is 4.10. The van der Waals surface area contributed by atoms with Crippen molar-refractivity contribution < 1.29 is 5.11 Å². The maximum absolute atomic E-state index is 10.0. The van der Waals surface area contributed by atoms with Crippen molar-refractivity contribution in [3.8, 4) is 0 Å². The smallest absolute Gasteiger partial charge is 0.107 e. The average molecular weight is 212 g/mol. The van der Waals surface area contributed by atoms with E-state index in [2.05, 4.69) is 23.8 Å². The molecule has 2 rings (SSSR count). The van der Waals surface area contributed by atoms with Crippen molar-refractivity contribution in [3.63, 3.8) is 0 Å². The summed E-state index contributed by atoms with van der Waals surface area (Å²) in [6, 6.07) is 1.26. The molecule has 0 aromatic heterocycles. The summed E-state index contributed by atoms with van der Waals surface area (Å²) in [7, 11) is 2.19. The third kappa shape index (κ3) is 2.35. The van der Waals surface area contributed by atoms with Crippen LogP contribution < -0.4 is 0 Å². The van der Waals surface area contributed by atoms with Crippen LogP contribution in [-0.4, -0.2) is 53.4 Å². The molecule has 2 saturated heterocycles. The number of aliphatic hydroxyl groups excluding tert-OH is 1. The first kappa shape index (κ1) is 11.4. The lowest BCUT2D eigenvalue weighted by atomic mass is 10.0. The predicted molar refractivity (Wildman–Crippen MR) is 61.7 cm³/mol. The molecule has 3 nitrogen and oxygen atoms in total. The Balaban J connectivity index is 1.96. The van der Waals surface area contributed by atoms with Crippen LogP contribution in [-0.2, 0) is 0 Å². The van der Waals surface area contributed by atoms with Gasteiger partial charge in [-0.3, -0.25) is 4.90 Å². The van der Waals surface area contributed by atoms with Crippen LogP contribution in [0.2, 0.25) is 0 Å². The average Bonchev–Trinajstić information content (AvgIpc) is 2.61. The van der Waals surface area contributed by atoms with Crippen LogP contribution in [0.1, 0.15) is 39.0 Å². The molecule has 88 valence electrons. The Bertz CT molecular complexity index is 202. The van der Waals surface area contributed by atoms with Crippen molar-refractivity contribution in [2.75, 3.05) is 20.1 Å². The summed E-state index contributed by atoms with van der Waals surface area (Å²) < 4.78 is 0. The quantitative estimate of drug-likeness (QED) is 0.747. The Morgan fingerprint density at radius 1 is 1.13 bits per heavy atom. The maximum Gasteiger partial charge on any atom is 0.107 e. The molecule has 0 aromatic rings. The van der Waals surface area contributed by atoms with Gasteiger partial charge in [0, 0.05) is 12.1 Å². The predicted octanol–water partition coefficient (Wildman–Crippen LogP) is 1.27. The van der Waals surface area contributed by atoms with Crippen molar-refractivity contribution >= 4 is 0 Å². The van der Waals surface area contributed by atoms with Gasteiger partial charge in [-0.2, -0.15) is 0 Å². The summed E-state index contributed by atoms with van der Waals surface area (Å²) in [6.07, 6.45) is 5.63. The van der Waals surface area contributed by atoms with Gasteiger partial charge in [0.15, 0.2) is 0 Å². The van der Waals surface area contributed by atoms with E-state index in [4.69, 9.17) is 0 Å². The Morgan fingerprint density at radius 3 is 2.40 bits per heavy atom. The molecule has 1 N–H and O–H groups in total. The molecule has 2 atom stereocenters. The second-order valence-electron chi connectivity index (χ2n) is 5.10. The molecular formula is C12H24N2O. The van der Waals surface area contributed by atoms with Crippen LogP contribution in [0.25, 0.3) is 0 Å². The van der Waals surface area contributed by atoms with E-state index in [1.807, 2.05) is 0 Å². The molecule has 0 saturated carbocycles. The number of piperidine rings is 1. The zero-order chi connectivity index (χ0) is 10.8. The molecular weight excluding hydrogens is 188 g/mol. The molecule has 0 aromatic carbocycles. The van der Waals surface area contributed by atoms with Gasteiger partial charge in [-0.05, 0) is 52.2 Å². The summed E-state index contributed by atoms with van der Waals surface area (Å²) in [5.74, 6) is 0. The maximum atomic E-state index is 10.0. The lowest BCUT2D eigenvalue weighted by molar-refractivity contribution is -0.0306. The summed E-state index contributed by atoms with van der Waals surface area (Å²) in [4.78, 5) is 4.78. The molecule has 2 fully saturated rings. The minimum atomic E-state index is -0.164. The van der Waals surface area contributed by atoms with E-state index in [9.17, 15) is 5.11 Å². The highest BCUT2D eigenvalue weighted by Crippen LogP contribution is 2.30. The SMILES string of the molecule is CC[C@H]1CCC(O)N1C1CCN(C)CC1. The zero-order valence-electron chi connectivity index (χ0n) is 10.0. The van der Waals surface area contributed by atoms with E-state index in [0.29, 0.717) is 12.1 Å². The standard InChI is InChI=1S/C12H24N2O/c1-3-10-4-5-12(15)14(10)11-6-8-13(2)9-7-11/h10-12,15H,3-9H2,1-2H3/t10-,12?/m0/s1. The number of hydrogen-bond donors (Lipinski definition) is 1. The zero-order valence-corrected chi connectivity index (χ0v) is 10.0. The Labute approximate surface area is 93.1 Å². The second kappa shape index (κ2) is 4.81. The van der Waals surface area contributed by atoms with Gasteiger partial charge in [-0.25, -0.2) is 0 Å². The monoisotopic (exact) mass is 212 g/mol. The van der Waals surface area contributed by atoms with E-state index < -0.39 is 0 Å². The van der Waals surface area contributed by atoms with Gasteiger partial charge in [0.1, 0.15) is 6.23 Å². The fourth-order valence-electron chi connectivity index (χ4n) is 3.13. The van der Waals surface area contributed by atoms with Gasteiger partial charge in [-0.15, -0.1) is 0 Å². The number of likely N-dealkylation sites (tertiary alicyclic amines) is 2. The number of hydrogen-bond acceptors (Lipinski definition) is 3. The van der Waals surface area contributed by atoms with Crippen LogP contribution in [0.5, 0.6) is 0 Å². The van der Waals surface area contributed by atoms with Gasteiger partial charge in [0.25, 0.3) is 0 Å². The topological polar surface area (TPSA) is 26.7 Å². The second-order valence-corrected chi connectivity index (χ2v) is 5.10. The summed E-state index contributed by atoms with van der Waals surface area (Å²) in [6.45, 7) is 4.61. The largest absolute Gasteiger partial charge is 0.378 e. The number of rotatable bonds is 2. The van der Waals surface area contributed by atoms with Crippen LogP contribution >= 0.6 is 0 Å². The van der Waals surface area contributed by atoms with Gasteiger partial charge >= 0.3 is 0 Å². The molecule has 15 heavy (non-hydrogen) atoms.